The standard InChI is InChI=1S/C15H18ClNO4S/c1-3-21-15(18)14-10-11-9-12(16)5-6-13(11)17(14)7-4-8-22(2,19)20/h5-6,9-10H,3-4,7-8H2,1-2H3. The number of carbonyl (C=O) groups excluding carboxylic acids is 1. The predicted octanol–water partition coefficient (Wildman–Crippen LogP) is 2.91. The molecular formula is C15H18ClNO4S. The number of esters is 1. The quantitative estimate of drug-likeness (QED) is 0.756. The highest BCUT2D eigenvalue weighted by Gasteiger charge is 2.17. The molecule has 0 atom stereocenters. The highest BCUT2D eigenvalue weighted by molar-refractivity contribution is 7.90. The van der Waals surface area contributed by atoms with E-state index < -0.39 is 15.8 Å². The monoisotopic (exact) mass is 343 g/mol. The first kappa shape index (κ1) is 16.8. The number of halogens is 1. The van der Waals surface area contributed by atoms with E-state index in [1.54, 1.807) is 29.7 Å². The SMILES string of the molecule is CCOC(=O)c1cc2cc(Cl)ccc2n1CCCS(C)(=O)=O. The lowest BCUT2D eigenvalue weighted by molar-refractivity contribution is 0.0514. The van der Waals surface area contributed by atoms with Gasteiger partial charge in [0.25, 0.3) is 0 Å². The van der Waals surface area contributed by atoms with Crippen molar-refractivity contribution in [3.63, 3.8) is 0 Å². The van der Waals surface area contributed by atoms with Gasteiger partial charge in [0, 0.05) is 28.7 Å². The summed E-state index contributed by atoms with van der Waals surface area (Å²) < 4.78 is 29.4. The first-order valence-corrected chi connectivity index (χ1v) is 9.39. The number of fused-ring (bicyclic) bond motifs is 1. The van der Waals surface area contributed by atoms with Crippen LogP contribution in [0.2, 0.25) is 5.02 Å². The molecule has 120 valence electrons. The first-order chi connectivity index (χ1) is 10.3. The van der Waals surface area contributed by atoms with Crippen LogP contribution in [-0.4, -0.2) is 37.6 Å². The maximum atomic E-state index is 12.1. The molecule has 0 N–H and O–H groups in total. The number of ether oxygens (including phenoxy) is 1. The molecule has 0 unspecified atom stereocenters. The zero-order valence-corrected chi connectivity index (χ0v) is 14.1. The van der Waals surface area contributed by atoms with Gasteiger partial charge >= 0.3 is 5.97 Å². The van der Waals surface area contributed by atoms with Crippen molar-refractivity contribution in [3.05, 3.63) is 35.0 Å². The van der Waals surface area contributed by atoms with E-state index in [2.05, 4.69) is 0 Å². The average molecular weight is 344 g/mol. The van der Waals surface area contributed by atoms with E-state index in [1.807, 2.05) is 6.07 Å². The normalized spacial score (nSPS) is 11.8. The highest BCUT2D eigenvalue weighted by atomic mass is 35.5. The molecule has 1 aromatic carbocycles. The molecule has 0 radical (unpaired) electrons. The van der Waals surface area contributed by atoms with Crippen LogP contribution in [0.5, 0.6) is 0 Å². The van der Waals surface area contributed by atoms with E-state index in [1.165, 1.54) is 6.26 Å². The molecule has 2 rings (SSSR count). The lowest BCUT2D eigenvalue weighted by Gasteiger charge is -2.10. The van der Waals surface area contributed by atoms with Gasteiger partial charge in [0.05, 0.1) is 12.4 Å². The molecule has 0 amide bonds. The number of carbonyl (C=O) groups is 1. The number of hydrogen-bond acceptors (Lipinski definition) is 4. The van der Waals surface area contributed by atoms with Crippen molar-refractivity contribution in [1.82, 2.24) is 4.57 Å². The van der Waals surface area contributed by atoms with Gasteiger partial charge in [-0.15, -0.1) is 0 Å². The number of benzene rings is 1. The van der Waals surface area contributed by atoms with Gasteiger partial charge in [0.2, 0.25) is 0 Å². The molecule has 2 aromatic rings. The van der Waals surface area contributed by atoms with Crippen molar-refractivity contribution in [2.45, 2.75) is 19.9 Å². The number of nitrogens with zero attached hydrogens (tertiary/aromatic N) is 1. The molecule has 0 aliphatic carbocycles. The fourth-order valence-electron chi connectivity index (χ4n) is 2.34. The molecule has 0 aliphatic rings. The van der Waals surface area contributed by atoms with Crippen molar-refractivity contribution in [2.75, 3.05) is 18.6 Å². The summed E-state index contributed by atoms with van der Waals surface area (Å²) in [7, 11) is -3.03. The Morgan fingerprint density at radius 2 is 2.05 bits per heavy atom. The van der Waals surface area contributed by atoms with Crippen LogP contribution in [0.3, 0.4) is 0 Å². The molecule has 0 spiro atoms. The Morgan fingerprint density at radius 3 is 2.68 bits per heavy atom. The van der Waals surface area contributed by atoms with Gasteiger partial charge in [-0.1, -0.05) is 11.6 Å². The lowest BCUT2D eigenvalue weighted by Crippen LogP contribution is -2.14. The van der Waals surface area contributed by atoms with Crippen LogP contribution in [0, 0.1) is 0 Å². The molecule has 0 saturated heterocycles. The topological polar surface area (TPSA) is 65.4 Å². The summed E-state index contributed by atoms with van der Waals surface area (Å²) in [6.45, 7) is 2.45. The van der Waals surface area contributed by atoms with E-state index in [0.717, 1.165) is 10.9 Å². The summed E-state index contributed by atoms with van der Waals surface area (Å²) in [5.41, 5.74) is 1.24. The minimum absolute atomic E-state index is 0.0720. The molecule has 5 nitrogen and oxygen atoms in total. The van der Waals surface area contributed by atoms with Crippen LogP contribution < -0.4 is 0 Å². The highest BCUT2D eigenvalue weighted by Crippen LogP contribution is 2.24. The molecule has 22 heavy (non-hydrogen) atoms. The molecule has 7 heteroatoms. The average Bonchev–Trinajstić information content (AvgIpc) is 2.76. The zero-order valence-electron chi connectivity index (χ0n) is 12.5. The summed E-state index contributed by atoms with van der Waals surface area (Å²) >= 11 is 5.98. The Kier molecular flexibility index (Phi) is 5.13. The summed E-state index contributed by atoms with van der Waals surface area (Å²) in [5, 5.41) is 1.41. The Balaban J connectivity index is 2.39. The molecule has 1 aromatic heterocycles. The first-order valence-electron chi connectivity index (χ1n) is 6.95. The van der Waals surface area contributed by atoms with Gasteiger partial charge in [0.1, 0.15) is 15.5 Å². The second kappa shape index (κ2) is 6.71. The van der Waals surface area contributed by atoms with Gasteiger partial charge in [-0.05, 0) is 37.6 Å². The Bertz CT molecular complexity index is 795. The van der Waals surface area contributed by atoms with Gasteiger partial charge in [-0.3, -0.25) is 0 Å². The van der Waals surface area contributed by atoms with Crippen LogP contribution in [0.15, 0.2) is 24.3 Å². The van der Waals surface area contributed by atoms with E-state index in [0.29, 0.717) is 23.7 Å². The molecule has 0 fully saturated rings. The van der Waals surface area contributed by atoms with Crippen LogP contribution in [0.4, 0.5) is 0 Å². The number of aryl methyl sites for hydroxylation is 1. The van der Waals surface area contributed by atoms with Crippen LogP contribution >= 0.6 is 11.6 Å². The Morgan fingerprint density at radius 1 is 1.32 bits per heavy atom. The maximum Gasteiger partial charge on any atom is 0.354 e. The maximum absolute atomic E-state index is 12.1. The van der Waals surface area contributed by atoms with Crippen molar-refractivity contribution in [2.24, 2.45) is 0 Å². The second-order valence-corrected chi connectivity index (χ2v) is 7.78. The fourth-order valence-corrected chi connectivity index (χ4v) is 3.18. The lowest BCUT2D eigenvalue weighted by atomic mass is 10.2. The summed E-state index contributed by atoms with van der Waals surface area (Å²) in [5.74, 6) is -0.350. The molecule has 0 bridgehead atoms. The van der Waals surface area contributed by atoms with Gasteiger partial charge < -0.3 is 9.30 Å². The van der Waals surface area contributed by atoms with Gasteiger partial charge in [-0.2, -0.15) is 0 Å². The summed E-state index contributed by atoms with van der Waals surface area (Å²) in [6, 6.07) is 7.05. The minimum Gasteiger partial charge on any atom is -0.461 e. The van der Waals surface area contributed by atoms with Crippen molar-refractivity contribution in [3.8, 4) is 0 Å². The minimum atomic E-state index is -3.03. The van der Waals surface area contributed by atoms with Crippen molar-refractivity contribution in [1.29, 1.82) is 0 Å². The molecular weight excluding hydrogens is 326 g/mol. The number of sulfone groups is 1. The molecule has 0 saturated carbocycles. The largest absolute Gasteiger partial charge is 0.461 e. The zero-order chi connectivity index (χ0) is 16.3. The Labute approximate surface area is 134 Å². The van der Waals surface area contributed by atoms with Crippen LogP contribution in [0.1, 0.15) is 23.8 Å². The van der Waals surface area contributed by atoms with Crippen molar-refractivity contribution < 1.29 is 17.9 Å². The molecule has 0 aliphatic heterocycles. The smallest absolute Gasteiger partial charge is 0.354 e. The van der Waals surface area contributed by atoms with E-state index in [4.69, 9.17) is 16.3 Å². The van der Waals surface area contributed by atoms with E-state index >= 15 is 0 Å². The third-order valence-corrected chi connectivity index (χ3v) is 4.51. The fraction of sp³-hybridized carbons (Fsp3) is 0.400. The summed E-state index contributed by atoms with van der Waals surface area (Å²) in [4.78, 5) is 12.1. The van der Waals surface area contributed by atoms with Crippen LogP contribution in [-0.2, 0) is 21.1 Å². The summed E-state index contributed by atoms with van der Waals surface area (Å²) in [6.07, 6.45) is 1.63. The number of rotatable bonds is 6. The number of hydrogen-bond donors (Lipinski definition) is 0. The molecule has 1 heterocycles. The van der Waals surface area contributed by atoms with Crippen LogP contribution in [0.25, 0.3) is 10.9 Å². The second-order valence-electron chi connectivity index (χ2n) is 5.09. The predicted molar refractivity (Wildman–Crippen MR) is 87.2 cm³/mol. The van der Waals surface area contributed by atoms with Gasteiger partial charge in [0.15, 0.2) is 0 Å². The van der Waals surface area contributed by atoms with E-state index in [9.17, 15) is 13.2 Å². The third kappa shape index (κ3) is 4.01. The van der Waals surface area contributed by atoms with Gasteiger partial charge in [-0.25, -0.2) is 13.2 Å². The van der Waals surface area contributed by atoms with Crippen molar-refractivity contribution >= 4 is 38.3 Å². The third-order valence-electron chi connectivity index (χ3n) is 3.24. The number of aromatic nitrogens is 1. The van der Waals surface area contributed by atoms with E-state index in [-0.39, 0.29) is 12.4 Å². The Hall–Kier alpha value is -1.53.